The summed E-state index contributed by atoms with van der Waals surface area (Å²) in [4.78, 5) is 24.4. The number of hydrogen-bond acceptors (Lipinski definition) is 9. The molecule has 0 radical (unpaired) electrons. The highest BCUT2D eigenvalue weighted by Crippen LogP contribution is 2.31. The van der Waals surface area contributed by atoms with Crippen LogP contribution in [-0.4, -0.2) is 38.0 Å². The number of fused-ring (bicyclic) bond motifs is 2. The van der Waals surface area contributed by atoms with Gasteiger partial charge >= 0.3 is 0 Å². The van der Waals surface area contributed by atoms with E-state index in [-0.39, 0.29) is 0 Å². The number of anilines is 3. The maximum atomic E-state index is 6.11. The topological polar surface area (TPSA) is 89.0 Å². The summed E-state index contributed by atoms with van der Waals surface area (Å²) in [5.74, 6) is 2.93. The number of benzene rings is 2. The molecule has 158 valence electrons. The molecular weight excluding hydrogens is 422 g/mol. The number of aryl methyl sites for hydroxylation is 1. The minimum Gasteiger partial charge on any atom is -0.457 e. The largest absolute Gasteiger partial charge is 0.457 e. The van der Waals surface area contributed by atoms with Gasteiger partial charge in [0.1, 0.15) is 28.9 Å². The zero-order valence-electron chi connectivity index (χ0n) is 17.3. The van der Waals surface area contributed by atoms with Crippen LogP contribution in [0.5, 0.6) is 11.5 Å². The summed E-state index contributed by atoms with van der Waals surface area (Å²) in [6, 6.07) is 11.9. The molecule has 0 atom stereocenters. The van der Waals surface area contributed by atoms with Gasteiger partial charge in [0, 0.05) is 24.8 Å². The average Bonchev–Trinajstić information content (AvgIpc) is 3.23. The summed E-state index contributed by atoms with van der Waals surface area (Å²) >= 11 is 1.62. The Morgan fingerprint density at radius 2 is 1.94 bits per heavy atom. The predicted octanol–water partition coefficient (Wildman–Crippen LogP) is 5.08. The molecule has 5 aromatic rings. The van der Waals surface area contributed by atoms with Gasteiger partial charge in [-0.05, 0) is 49.2 Å². The summed E-state index contributed by atoms with van der Waals surface area (Å²) in [6.07, 6.45) is 4.45. The van der Waals surface area contributed by atoms with E-state index in [9.17, 15) is 0 Å². The van der Waals surface area contributed by atoms with Crippen LogP contribution in [0.2, 0.25) is 0 Å². The third kappa shape index (κ3) is 3.46. The lowest BCUT2D eigenvalue weighted by Crippen LogP contribution is -2.38. The number of aromatic nitrogens is 5. The predicted molar refractivity (Wildman–Crippen MR) is 126 cm³/mol. The van der Waals surface area contributed by atoms with Gasteiger partial charge in [-0.1, -0.05) is 0 Å². The van der Waals surface area contributed by atoms with Crippen molar-refractivity contribution >= 4 is 50.0 Å². The van der Waals surface area contributed by atoms with Crippen molar-refractivity contribution in [2.45, 2.75) is 13.3 Å². The fourth-order valence-corrected chi connectivity index (χ4v) is 4.27. The minimum absolute atomic E-state index is 0.654. The Morgan fingerprint density at radius 3 is 2.78 bits per heavy atom. The average molecular weight is 442 g/mol. The van der Waals surface area contributed by atoms with Crippen LogP contribution in [0.25, 0.3) is 21.3 Å². The van der Waals surface area contributed by atoms with Crippen LogP contribution in [0, 0.1) is 6.92 Å². The Balaban J connectivity index is 1.27. The Morgan fingerprint density at radius 1 is 1.00 bits per heavy atom. The molecule has 8 nitrogen and oxygen atoms in total. The van der Waals surface area contributed by atoms with E-state index in [1.54, 1.807) is 17.5 Å². The second kappa shape index (κ2) is 7.69. The maximum absolute atomic E-state index is 6.11. The zero-order chi connectivity index (χ0) is 21.5. The lowest BCUT2D eigenvalue weighted by Gasteiger charge is -2.30. The van der Waals surface area contributed by atoms with Gasteiger partial charge in [-0.25, -0.2) is 24.9 Å². The molecule has 1 saturated heterocycles. The van der Waals surface area contributed by atoms with Crippen LogP contribution in [-0.2, 0) is 0 Å². The SMILES string of the molecule is Cc1cc(Nc2ncnc3cnc(N4CCC4)nc23)ccc1Oc1ccc2scnc2c1. The maximum Gasteiger partial charge on any atom is 0.226 e. The Bertz CT molecular complexity index is 1450. The molecule has 2 aromatic carbocycles. The van der Waals surface area contributed by atoms with Gasteiger partial charge in [-0.2, -0.15) is 0 Å². The van der Waals surface area contributed by atoms with Gasteiger partial charge in [0.05, 0.1) is 21.9 Å². The monoisotopic (exact) mass is 441 g/mol. The van der Waals surface area contributed by atoms with E-state index in [0.717, 1.165) is 52.0 Å². The second-order valence-electron chi connectivity index (χ2n) is 7.66. The van der Waals surface area contributed by atoms with Gasteiger partial charge in [-0.3, -0.25) is 0 Å². The van der Waals surface area contributed by atoms with E-state index < -0.39 is 0 Å². The standard InChI is InChI=1S/C23H19N7OS/c1-14-9-15(3-5-19(14)31-16-4-6-20-17(10-16)27-13-32-20)28-22-21-18(25-12-26-22)11-24-23(29-21)30-7-2-8-30/h3-6,9-13H,2,7-8H2,1H3,(H,25,26,28). The van der Waals surface area contributed by atoms with Crippen LogP contribution >= 0.6 is 11.3 Å². The van der Waals surface area contributed by atoms with Crippen LogP contribution in [0.4, 0.5) is 17.5 Å². The Labute approximate surface area is 188 Å². The van der Waals surface area contributed by atoms with E-state index in [1.807, 2.05) is 48.8 Å². The van der Waals surface area contributed by atoms with E-state index >= 15 is 0 Å². The third-order valence-corrected chi connectivity index (χ3v) is 6.28. The van der Waals surface area contributed by atoms with E-state index in [0.29, 0.717) is 16.9 Å². The molecule has 1 fully saturated rings. The molecule has 6 rings (SSSR count). The summed E-state index contributed by atoms with van der Waals surface area (Å²) in [5.41, 5.74) is 6.10. The molecule has 0 spiro atoms. The minimum atomic E-state index is 0.654. The summed E-state index contributed by atoms with van der Waals surface area (Å²) in [7, 11) is 0. The first kappa shape index (κ1) is 18.9. The number of ether oxygens (including phenoxy) is 1. The van der Waals surface area contributed by atoms with Gasteiger partial charge < -0.3 is 15.0 Å². The number of hydrogen-bond donors (Lipinski definition) is 1. The summed E-state index contributed by atoms with van der Waals surface area (Å²) < 4.78 is 7.25. The lowest BCUT2D eigenvalue weighted by atomic mass is 10.2. The molecule has 0 unspecified atom stereocenters. The smallest absolute Gasteiger partial charge is 0.226 e. The van der Waals surface area contributed by atoms with Gasteiger partial charge in [0.15, 0.2) is 5.82 Å². The van der Waals surface area contributed by atoms with E-state index in [4.69, 9.17) is 9.72 Å². The van der Waals surface area contributed by atoms with Crippen molar-refractivity contribution < 1.29 is 4.74 Å². The molecule has 1 aliphatic heterocycles. The van der Waals surface area contributed by atoms with Crippen molar-refractivity contribution in [3.8, 4) is 11.5 Å². The van der Waals surface area contributed by atoms with Crippen molar-refractivity contribution in [1.82, 2.24) is 24.9 Å². The molecular formula is C23H19N7OS. The fourth-order valence-electron chi connectivity index (χ4n) is 3.61. The van der Waals surface area contributed by atoms with Crippen LogP contribution in [0.1, 0.15) is 12.0 Å². The van der Waals surface area contributed by atoms with Crippen molar-refractivity contribution in [3.63, 3.8) is 0 Å². The van der Waals surface area contributed by atoms with Gasteiger partial charge in [0.2, 0.25) is 5.95 Å². The van der Waals surface area contributed by atoms with Crippen LogP contribution < -0.4 is 15.0 Å². The van der Waals surface area contributed by atoms with Crippen molar-refractivity contribution in [1.29, 1.82) is 0 Å². The van der Waals surface area contributed by atoms with Crippen LogP contribution in [0.3, 0.4) is 0 Å². The normalized spacial score (nSPS) is 13.3. The highest BCUT2D eigenvalue weighted by Gasteiger charge is 2.18. The Hall–Kier alpha value is -3.85. The van der Waals surface area contributed by atoms with Crippen LogP contribution in [0.15, 0.2) is 54.4 Å². The molecule has 0 aliphatic carbocycles. The first-order valence-electron chi connectivity index (χ1n) is 10.3. The fraction of sp³-hybridized carbons (Fsp3) is 0.174. The number of nitrogens with one attached hydrogen (secondary N) is 1. The van der Waals surface area contributed by atoms with Gasteiger partial charge in [0.25, 0.3) is 0 Å². The molecule has 9 heteroatoms. The molecule has 0 amide bonds. The second-order valence-corrected chi connectivity index (χ2v) is 8.54. The third-order valence-electron chi connectivity index (χ3n) is 5.47. The number of thiazole rings is 1. The van der Waals surface area contributed by atoms with E-state index in [2.05, 4.69) is 30.2 Å². The van der Waals surface area contributed by atoms with E-state index in [1.165, 1.54) is 12.7 Å². The number of rotatable bonds is 5. The zero-order valence-corrected chi connectivity index (χ0v) is 18.1. The first-order chi connectivity index (χ1) is 15.7. The molecule has 1 aliphatic rings. The molecule has 3 aromatic heterocycles. The summed E-state index contributed by atoms with van der Waals surface area (Å²) in [6.45, 7) is 3.99. The molecule has 0 saturated carbocycles. The molecule has 4 heterocycles. The molecule has 32 heavy (non-hydrogen) atoms. The Kier molecular flexibility index (Phi) is 4.53. The first-order valence-corrected chi connectivity index (χ1v) is 11.2. The summed E-state index contributed by atoms with van der Waals surface area (Å²) in [5, 5.41) is 3.38. The lowest BCUT2D eigenvalue weighted by molar-refractivity contribution is 0.479. The van der Waals surface area contributed by atoms with Crippen molar-refractivity contribution in [2.24, 2.45) is 0 Å². The molecule has 1 N–H and O–H groups in total. The highest BCUT2D eigenvalue weighted by molar-refractivity contribution is 7.16. The molecule has 0 bridgehead atoms. The highest BCUT2D eigenvalue weighted by atomic mass is 32.1. The van der Waals surface area contributed by atoms with Crippen molar-refractivity contribution in [3.05, 3.63) is 60.0 Å². The van der Waals surface area contributed by atoms with Crippen molar-refractivity contribution in [2.75, 3.05) is 23.3 Å². The quantitative estimate of drug-likeness (QED) is 0.404. The van der Waals surface area contributed by atoms with Gasteiger partial charge in [-0.15, -0.1) is 11.3 Å². The number of nitrogens with zero attached hydrogens (tertiary/aromatic N) is 6.